The van der Waals surface area contributed by atoms with Crippen molar-refractivity contribution < 1.29 is 23.9 Å². The number of benzene rings is 2. The smallest absolute Gasteiger partial charge is 0.318 e. The summed E-state index contributed by atoms with van der Waals surface area (Å²) in [4.78, 5) is 24.7. The molecule has 3 N–H and O–H groups in total. The van der Waals surface area contributed by atoms with Gasteiger partial charge >= 0.3 is 6.03 Å². The second-order valence-electron chi connectivity index (χ2n) is 6.03. The average Bonchev–Trinajstić information content (AvgIpc) is 3.02. The number of hydrogen-bond acceptors (Lipinski definition) is 4. The van der Waals surface area contributed by atoms with Crippen LogP contribution < -0.4 is 15.5 Å². The second kappa shape index (κ2) is 8.24. The van der Waals surface area contributed by atoms with Crippen molar-refractivity contribution in [3.8, 4) is 5.75 Å². The van der Waals surface area contributed by atoms with E-state index >= 15 is 0 Å². The van der Waals surface area contributed by atoms with Crippen LogP contribution in [0, 0.1) is 5.82 Å². The molecule has 1 heterocycles. The first-order valence-corrected chi connectivity index (χ1v) is 8.49. The summed E-state index contributed by atoms with van der Waals surface area (Å²) in [6.45, 7) is 0.669. The zero-order valence-electron chi connectivity index (χ0n) is 14.1. The number of carbonyl (C=O) groups is 2. The lowest BCUT2D eigenvalue weighted by Crippen LogP contribution is -2.41. The molecule has 1 aliphatic rings. The van der Waals surface area contributed by atoms with Gasteiger partial charge in [-0.3, -0.25) is 10.0 Å². The number of carbonyl (C=O) groups excluding carboxylic acids is 2. The summed E-state index contributed by atoms with van der Waals surface area (Å²) in [5.74, 6) is -0.464. The van der Waals surface area contributed by atoms with Crippen LogP contribution in [-0.4, -0.2) is 34.6 Å². The first-order chi connectivity index (χ1) is 13.0. The molecule has 3 rings (SSSR count). The summed E-state index contributed by atoms with van der Waals surface area (Å²) in [6.07, 6.45) is 0. The lowest BCUT2D eigenvalue weighted by Gasteiger charge is -2.15. The molecule has 1 unspecified atom stereocenters. The molecule has 1 fully saturated rings. The monoisotopic (exact) mass is 393 g/mol. The van der Waals surface area contributed by atoms with E-state index in [9.17, 15) is 14.0 Å². The van der Waals surface area contributed by atoms with Gasteiger partial charge in [0, 0.05) is 12.1 Å². The van der Waals surface area contributed by atoms with E-state index in [0.717, 1.165) is 5.56 Å². The molecule has 1 aliphatic heterocycles. The number of urea groups is 1. The number of nitrogens with one attached hydrogen (secondary N) is 2. The minimum atomic E-state index is -0.787. The highest BCUT2D eigenvalue weighted by molar-refractivity contribution is 6.31. The topological polar surface area (TPSA) is 90.9 Å². The number of ether oxygens (including phenoxy) is 1. The molecule has 3 amide bonds. The van der Waals surface area contributed by atoms with Gasteiger partial charge in [-0.1, -0.05) is 29.8 Å². The van der Waals surface area contributed by atoms with E-state index in [2.05, 4.69) is 5.32 Å². The molecule has 27 heavy (non-hydrogen) atoms. The summed E-state index contributed by atoms with van der Waals surface area (Å²) < 4.78 is 18.7. The van der Waals surface area contributed by atoms with E-state index in [4.69, 9.17) is 21.5 Å². The molecule has 0 radical (unpaired) electrons. The number of hydrogen-bond donors (Lipinski definition) is 3. The Morgan fingerprint density at radius 1 is 1.33 bits per heavy atom. The summed E-state index contributed by atoms with van der Waals surface area (Å²) in [6, 6.07) is 10.0. The highest BCUT2D eigenvalue weighted by atomic mass is 35.5. The van der Waals surface area contributed by atoms with Crippen LogP contribution in [0.1, 0.15) is 11.1 Å². The molecule has 0 saturated carbocycles. The third-order valence-corrected chi connectivity index (χ3v) is 4.47. The number of halogens is 2. The van der Waals surface area contributed by atoms with Crippen molar-refractivity contribution in [2.24, 2.45) is 0 Å². The summed E-state index contributed by atoms with van der Waals surface area (Å²) in [5, 5.41) is 11.4. The van der Waals surface area contributed by atoms with Crippen LogP contribution in [0.3, 0.4) is 0 Å². The maximum Gasteiger partial charge on any atom is 0.318 e. The highest BCUT2D eigenvalue weighted by Crippen LogP contribution is 2.21. The molecule has 0 aliphatic carbocycles. The Balaban J connectivity index is 1.56. The fourth-order valence-electron chi connectivity index (χ4n) is 2.66. The summed E-state index contributed by atoms with van der Waals surface area (Å²) >= 11 is 5.97. The number of rotatable bonds is 6. The van der Waals surface area contributed by atoms with Gasteiger partial charge in [0.1, 0.15) is 24.2 Å². The maximum absolute atomic E-state index is 13.0. The van der Waals surface area contributed by atoms with Crippen LogP contribution in [0.5, 0.6) is 5.75 Å². The molecule has 1 atom stereocenters. The van der Waals surface area contributed by atoms with Crippen LogP contribution in [0.25, 0.3) is 0 Å². The van der Waals surface area contributed by atoms with Gasteiger partial charge in [0.25, 0.3) is 5.91 Å². The Bertz CT molecular complexity index is 847. The van der Waals surface area contributed by atoms with E-state index in [-0.39, 0.29) is 19.2 Å². The third kappa shape index (κ3) is 4.66. The van der Waals surface area contributed by atoms with Crippen molar-refractivity contribution >= 4 is 23.5 Å². The Morgan fingerprint density at radius 2 is 2.07 bits per heavy atom. The molecule has 1 saturated heterocycles. The first kappa shape index (κ1) is 18.9. The SMILES string of the molecule is O=C(NO)C1CN(Cc2ccc(OCc3ccc(F)cc3Cl)cc2)C(=O)N1. The van der Waals surface area contributed by atoms with Crippen LogP contribution in [-0.2, 0) is 17.9 Å². The summed E-state index contributed by atoms with van der Waals surface area (Å²) in [5.41, 5.74) is 3.05. The quantitative estimate of drug-likeness (QED) is 0.519. The zero-order chi connectivity index (χ0) is 19.4. The van der Waals surface area contributed by atoms with Crippen LogP contribution in [0.4, 0.5) is 9.18 Å². The van der Waals surface area contributed by atoms with Crippen molar-refractivity contribution in [1.82, 2.24) is 15.7 Å². The molecular weight excluding hydrogens is 377 g/mol. The second-order valence-corrected chi connectivity index (χ2v) is 6.43. The molecule has 0 aromatic heterocycles. The van der Waals surface area contributed by atoms with E-state index in [1.165, 1.54) is 22.5 Å². The Kier molecular flexibility index (Phi) is 5.78. The molecule has 142 valence electrons. The fraction of sp³-hybridized carbons (Fsp3) is 0.222. The van der Waals surface area contributed by atoms with E-state index in [1.54, 1.807) is 30.3 Å². The summed E-state index contributed by atoms with van der Waals surface area (Å²) in [7, 11) is 0. The lowest BCUT2D eigenvalue weighted by atomic mass is 10.2. The van der Waals surface area contributed by atoms with Crippen molar-refractivity contribution in [2.75, 3.05) is 6.54 Å². The minimum Gasteiger partial charge on any atom is -0.489 e. The van der Waals surface area contributed by atoms with Crippen LogP contribution >= 0.6 is 11.6 Å². The minimum absolute atomic E-state index is 0.159. The maximum atomic E-state index is 13.0. The fourth-order valence-corrected chi connectivity index (χ4v) is 2.89. The molecule has 2 aromatic rings. The van der Waals surface area contributed by atoms with Crippen LogP contribution in [0.2, 0.25) is 5.02 Å². The molecule has 0 spiro atoms. The highest BCUT2D eigenvalue weighted by Gasteiger charge is 2.33. The normalized spacial score (nSPS) is 16.2. The number of amides is 3. The molecule has 2 aromatic carbocycles. The third-order valence-electron chi connectivity index (χ3n) is 4.12. The van der Waals surface area contributed by atoms with E-state index in [0.29, 0.717) is 22.9 Å². The molecule has 0 bridgehead atoms. The molecular formula is C18H17ClFN3O4. The Morgan fingerprint density at radius 3 is 2.74 bits per heavy atom. The van der Waals surface area contributed by atoms with Crippen molar-refractivity contribution in [3.05, 3.63) is 64.4 Å². The van der Waals surface area contributed by atoms with Gasteiger partial charge in [-0.15, -0.1) is 0 Å². The standard InChI is InChI=1S/C18H17ClFN3O4/c19-15-7-13(20)4-3-12(15)10-27-14-5-1-11(2-6-14)8-23-9-16(17(24)22-26)21-18(23)25/h1-7,16,26H,8-10H2,(H,21,25)(H,22,24). The lowest BCUT2D eigenvalue weighted by molar-refractivity contribution is -0.130. The number of nitrogens with zero attached hydrogens (tertiary/aromatic N) is 1. The van der Waals surface area contributed by atoms with Crippen molar-refractivity contribution in [1.29, 1.82) is 0 Å². The first-order valence-electron chi connectivity index (χ1n) is 8.11. The predicted molar refractivity (Wildman–Crippen MR) is 94.8 cm³/mol. The zero-order valence-corrected chi connectivity index (χ0v) is 14.9. The van der Waals surface area contributed by atoms with Gasteiger partial charge < -0.3 is 15.0 Å². The molecule has 9 heteroatoms. The van der Waals surface area contributed by atoms with Gasteiger partial charge in [0.05, 0.1) is 11.6 Å². The van der Waals surface area contributed by atoms with E-state index < -0.39 is 17.8 Å². The predicted octanol–water partition coefficient (Wildman–Crippen LogP) is 2.46. The van der Waals surface area contributed by atoms with Crippen molar-refractivity contribution in [3.63, 3.8) is 0 Å². The largest absolute Gasteiger partial charge is 0.489 e. The Labute approximate surface area is 159 Å². The van der Waals surface area contributed by atoms with Gasteiger partial charge in [-0.05, 0) is 29.8 Å². The van der Waals surface area contributed by atoms with Crippen LogP contribution in [0.15, 0.2) is 42.5 Å². The van der Waals surface area contributed by atoms with Gasteiger partial charge in [-0.2, -0.15) is 0 Å². The van der Waals surface area contributed by atoms with Gasteiger partial charge in [0.15, 0.2) is 0 Å². The average molecular weight is 394 g/mol. The van der Waals surface area contributed by atoms with Crippen molar-refractivity contribution in [2.45, 2.75) is 19.2 Å². The number of hydroxylamine groups is 1. The van der Waals surface area contributed by atoms with Gasteiger partial charge in [0.2, 0.25) is 0 Å². The Hall–Kier alpha value is -2.84. The van der Waals surface area contributed by atoms with E-state index in [1.807, 2.05) is 0 Å². The molecule has 7 nitrogen and oxygen atoms in total. The van der Waals surface area contributed by atoms with Gasteiger partial charge in [-0.25, -0.2) is 14.7 Å².